The van der Waals surface area contributed by atoms with Crippen molar-refractivity contribution < 1.29 is 0 Å². The van der Waals surface area contributed by atoms with Gasteiger partial charge in [0.25, 0.3) is 0 Å². The SMILES string of the molecule is CN1CCCC1=NCCCSc1c[nH]c2ccccc12.Cl. The van der Waals surface area contributed by atoms with Gasteiger partial charge in [-0.25, -0.2) is 0 Å². The Morgan fingerprint density at radius 2 is 2.19 bits per heavy atom. The Balaban J connectivity index is 0.00000161. The maximum absolute atomic E-state index is 4.71. The lowest BCUT2D eigenvalue weighted by atomic mass is 10.2. The van der Waals surface area contributed by atoms with Gasteiger partial charge < -0.3 is 9.88 Å². The van der Waals surface area contributed by atoms with Crippen LogP contribution in [0.25, 0.3) is 10.9 Å². The second-order valence-electron chi connectivity index (χ2n) is 5.22. The zero-order valence-corrected chi connectivity index (χ0v) is 14.0. The number of thioether (sulfide) groups is 1. The third kappa shape index (κ3) is 3.95. The number of nitrogens with one attached hydrogen (secondary N) is 1. The van der Waals surface area contributed by atoms with Gasteiger partial charge in [-0.2, -0.15) is 0 Å². The molecule has 1 aliphatic rings. The zero-order chi connectivity index (χ0) is 13.8. The molecule has 0 bridgehead atoms. The van der Waals surface area contributed by atoms with Gasteiger partial charge in [0.1, 0.15) is 0 Å². The fourth-order valence-electron chi connectivity index (χ4n) is 2.61. The van der Waals surface area contributed by atoms with E-state index in [-0.39, 0.29) is 12.4 Å². The monoisotopic (exact) mass is 323 g/mol. The molecule has 0 saturated carbocycles. The number of H-pyrrole nitrogens is 1. The van der Waals surface area contributed by atoms with Crippen molar-refractivity contribution in [1.82, 2.24) is 9.88 Å². The maximum atomic E-state index is 4.71. The van der Waals surface area contributed by atoms with Crippen LogP contribution < -0.4 is 0 Å². The van der Waals surface area contributed by atoms with Gasteiger partial charge in [0.05, 0.1) is 5.84 Å². The summed E-state index contributed by atoms with van der Waals surface area (Å²) in [5, 5.41) is 1.33. The molecular formula is C16H22ClN3S. The number of amidine groups is 1. The number of aromatic nitrogens is 1. The largest absolute Gasteiger partial charge is 0.363 e. The molecule has 2 aromatic rings. The van der Waals surface area contributed by atoms with E-state index in [2.05, 4.69) is 47.4 Å². The highest BCUT2D eigenvalue weighted by Crippen LogP contribution is 2.27. The van der Waals surface area contributed by atoms with Crippen molar-refractivity contribution in [2.24, 2.45) is 4.99 Å². The Morgan fingerprint density at radius 1 is 1.33 bits per heavy atom. The molecule has 5 heteroatoms. The van der Waals surface area contributed by atoms with Gasteiger partial charge in [-0.15, -0.1) is 24.2 Å². The minimum absolute atomic E-state index is 0. The molecular weight excluding hydrogens is 302 g/mol. The van der Waals surface area contributed by atoms with Gasteiger partial charge in [0.2, 0.25) is 0 Å². The second-order valence-corrected chi connectivity index (χ2v) is 6.36. The summed E-state index contributed by atoms with van der Waals surface area (Å²) in [6.45, 7) is 2.12. The molecule has 21 heavy (non-hydrogen) atoms. The number of benzene rings is 1. The summed E-state index contributed by atoms with van der Waals surface area (Å²) >= 11 is 1.93. The van der Waals surface area contributed by atoms with Crippen LogP contribution in [0, 0.1) is 0 Å². The van der Waals surface area contributed by atoms with Crippen molar-refractivity contribution >= 4 is 40.9 Å². The smallest absolute Gasteiger partial charge is 0.0986 e. The number of likely N-dealkylation sites (tertiary alicyclic amines) is 1. The van der Waals surface area contributed by atoms with Gasteiger partial charge >= 0.3 is 0 Å². The number of para-hydroxylation sites is 1. The lowest BCUT2D eigenvalue weighted by molar-refractivity contribution is 0.547. The molecule has 1 aromatic carbocycles. The number of aliphatic imine (C=N–C) groups is 1. The number of hydrogen-bond donors (Lipinski definition) is 1. The molecule has 0 unspecified atom stereocenters. The predicted molar refractivity (Wildman–Crippen MR) is 95.1 cm³/mol. The fourth-order valence-corrected chi connectivity index (χ4v) is 3.58. The van der Waals surface area contributed by atoms with E-state index in [9.17, 15) is 0 Å². The molecule has 3 rings (SSSR count). The van der Waals surface area contributed by atoms with Crippen LogP contribution in [-0.4, -0.2) is 41.6 Å². The minimum Gasteiger partial charge on any atom is -0.363 e. The normalized spacial score (nSPS) is 16.6. The summed E-state index contributed by atoms with van der Waals surface area (Å²) in [5.74, 6) is 2.42. The van der Waals surface area contributed by atoms with E-state index in [1.807, 2.05) is 11.8 Å². The molecule has 1 saturated heterocycles. The van der Waals surface area contributed by atoms with Crippen molar-refractivity contribution in [3.63, 3.8) is 0 Å². The van der Waals surface area contributed by atoms with Crippen LogP contribution in [0.4, 0.5) is 0 Å². The standard InChI is InChI=1S/C16H21N3S.ClH/c1-19-10-4-8-16(19)17-9-5-11-20-15-12-18-14-7-3-2-6-13(14)15;/h2-3,6-7,12,18H,4-5,8-11H2,1H3;1H. The Kier molecular flexibility index (Phi) is 6.00. The van der Waals surface area contributed by atoms with E-state index in [0.29, 0.717) is 0 Å². The Morgan fingerprint density at radius 3 is 3.00 bits per heavy atom. The fraction of sp³-hybridized carbons (Fsp3) is 0.438. The van der Waals surface area contributed by atoms with E-state index in [0.717, 1.165) is 25.1 Å². The van der Waals surface area contributed by atoms with E-state index >= 15 is 0 Å². The number of halogens is 1. The number of fused-ring (bicyclic) bond motifs is 1. The minimum atomic E-state index is 0. The topological polar surface area (TPSA) is 31.4 Å². The van der Waals surface area contributed by atoms with Gasteiger partial charge in [-0.05, 0) is 24.7 Å². The molecule has 1 aliphatic heterocycles. The number of aromatic amines is 1. The maximum Gasteiger partial charge on any atom is 0.0986 e. The molecule has 114 valence electrons. The zero-order valence-electron chi connectivity index (χ0n) is 12.3. The molecule has 0 aliphatic carbocycles. The van der Waals surface area contributed by atoms with Crippen LogP contribution in [0.15, 0.2) is 40.4 Å². The van der Waals surface area contributed by atoms with Gasteiger partial charge in [0, 0.05) is 48.6 Å². The second kappa shape index (κ2) is 7.76. The third-order valence-corrected chi connectivity index (χ3v) is 4.88. The summed E-state index contributed by atoms with van der Waals surface area (Å²) in [6.07, 6.45) is 5.68. The van der Waals surface area contributed by atoms with Crippen molar-refractivity contribution in [2.45, 2.75) is 24.2 Å². The Labute approximate surface area is 136 Å². The molecule has 0 amide bonds. The number of nitrogens with zero attached hydrogens (tertiary/aromatic N) is 2. The first-order valence-electron chi connectivity index (χ1n) is 7.28. The van der Waals surface area contributed by atoms with Crippen LogP contribution in [0.5, 0.6) is 0 Å². The summed E-state index contributed by atoms with van der Waals surface area (Å²) in [4.78, 5) is 11.7. The lowest BCUT2D eigenvalue weighted by Gasteiger charge is -2.10. The van der Waals surface area contributed by atoms with Crippen LogP contribution in [0.1, 0.15) is 19.3 Å². The first-order chi connectivity index (χ1) is 9.84. The van der Waals surface area contributed by atoms with E-state index in [4.69, 9.17) is 4.99 Å². The molecule has 3 nitrogen and oxygen atoms in total. The lowest BCUT2D eigenvalue weighted by Crippen LogP contribution is -2.19. The van der Waals surface area contributed by atoms with E-state index in [1.54, 1.807) is 0 Å². The molecule has 2 heterocycles. The summed E-state index contributed by atoms with van der Waals surface area (Å²) < 4.78 is 0. The number of hydrogen-bond acceptors (Lipinski definition) is 2. The predicted octanol–water partition coefficient (Wildman–Crippen LogP) is 4.20. The van der Waals surface area contributed by atoms with Crippen molar-refractivity contribution in [3.05, 3.63) is 30.5 Å². The molecule has 1 N–H and O–H groups in total. The van der Waals surface area contributed by atoms with Gasteiger partial charge in [0.15, 0.2) is 0 Å². The van der Waals surface area contributed by atoms with Gasteiger partial charge in [-0.3, -0.25) is 4.99 Å². The highest BCUT2D eigenvalue weighted by Gasteiger charge is 2.12. The first kappa shape index (κ1) is 16.2. The molecule has 1 aromatic heterocycles. The summed E-state index contributed by atoms with van der Waals surface area (Å²) in [7, 11) is 2.15. The highest BCUT2D eigenvalue weighted by molar-refractivity contribution is 7.99. The first-order valence-corrected chi connectivity index (χ1v) is 8.26. The van der Waals surface area contributed by atoms with Gasteiger partial charge in [-0.1, -0.05) is 18.2 Å². The Hall–Kier alpha value is -1.13. The third-order valence-electron chi connectivity index (χ3n) is 3.74. The van der Waals surface area contributed by atoms with E-state index in [1.165, 1.54) is 34.6 Å². The van der Waals surface area contributed by atoms with Crippen LogP contribution >= 0.6 is 24.2 Å². The summed E-state index contributed by atoms with van der Waals surface area (Å²) in [6, 6.07) is 8.48. The molecule has 0 spiro atoms. The quantitative estimate of drug-likeness (QED) is 0.660. The Bertz CT molecular complexity index is 608. The van der Waals surface area contributed by atoms with Crippen LogP contribution in [0.3, 0.4) is 0 Å². The highest BCUT2D eigenvalue weighted by atomic mass is 35.5. The van der Waals surface area contributed by atoms with Crippen molar-refractivity contribution in [2.75, 3.05) is 25.9 Å². The van der Waals surface area contributed by atoms with Crippen molar-refractivity contribution in [1.29, 1.82) is 0 Å². The average Bonchev–Trinajstić information content (AvgIpc) is 3.06. The summed E-state index contributed by atoms with van der Waals surface area (Å²) in [5.41, 5.74) is 1.22. The van der Waals surface area contributed by atoms with E-state index < -0.39 is 0 Å². The average molecular weight is 324 g/mol. The molecule has 0 atom stereocenters. The van der Waals surface area contributed by atoms with Crippen molar-refractivity contribution in [3.8, 4) is 0 Å². The molecule has 0 radical (unpaired) electrons. The number of rotatable bonds is 5. The molecule has 1 fully saturated rings. The van der Waals surface area contributed by atoms with Crippen LogP contribution in [-0.2, 0) is 0 Å². The van der Waals surface area contributed by atoms with Crippen LogP contribution in [0.2, 0.25) is 0 Å².